The number of aromatic nitrogens is 1. The number of benzene rings is 1. The second-order valence-electron chi connectivity index (χ2n) is 5.42. The van der Waals surface area contributed by atoms with Crippen molar-refractivity contribution in [1.29, 1.82) is 0 Å². The van der Waals surface area contributed by atoms with Gasteiger partial charge in [-0.3, -0.25) is 4.98 Å². The number of ether oxygens (including phenoxy) is 1. The van der Waals surface area contributed by atoms with Crippen LogP contribution in [-0.4, -0.2) is 22.3 Å². The highest BCUT2D eigenvalue weighted by Gasteiger charge is 2.10. The minimum absolute atomic E-state index is 0.109. The van der Waals surface area contributed by atoms with Crippen molar-refractivity contribution < 1.29 is 14.9 Å². The first-order valence-corrected chi connectivity index (χ1v) is 7.37. The third kappa shape index (κ3) is 4.36. The van der Waals surface area contributed by atoms with Gasteiger partial charge in [0.1, 0.15) is 22.9 Å². The molecule has 0 amide bonds. The molecular formula is C19H21NO3. The van der Waals surface area contributed by atoms with Crippen LogP contribution < -0.4 is 4.74 Å². The highest BCUT2D eigenvalue weighted by Crippen LogP contribution is 2.32. The largest absolute Gasteiger partial charge is 0.508 e. The molecule has 0 aliphatic heterocycles. The number of aromatic hydroxyl groups is 2. The number of phenols is 1. The molecule has 1 heterocycles. The van der Waals surface area contributed by atoms with Crippen LogP contribution in [-0.2, 0) is 6.42 Å². The Bertz CT molecular complexity index is 735. The third-order valence-electron chi connectivity index (χ3n) is 3.48. The molecule has 0 unspecified atom stereocenters. The van der Waals surface area contributed by atoms with E-state index in [0.717, 1.165) is 23.1 Å². The second-order valence-corrected chi connectivity index (χ2v) is 5.42. The van der Waals surface area contributed by atoms with Gasteiger partial charge in [-0.1, -0.05) is 11.6 Å². The summed E-state index contributed by atoms with van der Waals surface area (Å²) >= 11 is 0. The molecule has 1 aromatic carbocycles. The summed E-state index contributed by atoms with van der Waals surface area (Å²) < 4.78 is 5.39. The average Bonchev–Trinajstić information content (AvgIpc) is 2.52. The molecule has 2 aromatic rings. The average molecular weight is 311 g/mol. The molecule has 0 spiro atoms. The zero-order valence-corrected chi connectivity index (χ0v) is 13.4. The van der Waals surface area contributed by atoms with Crippen LogP contribution in [0.5, 0.6) is 17.2 Å². The predicted octanol–water partition coefficient (Wildman–Crippen LogP) is 4.18. The highest BCUT2D eigenvalue weighted by atomic mass is 16.5. The van der Waals surface area contributed by atoms with E-state index in [0.29, 0.717) is 17.9 Å². The van der Waals surface area contributed by atoms with Gasteiger partial charge in [0, 0.05) is 11.8 Å². The van der Waals surface area contributed by atoms with E-state index < -0.39 is 0 Å². The van der Waals surface area contributed by atoms with Crippen LogP contribution in [0, 0.1) is 0 Å². The lowest BCUT2D eigenvalue weighted by atomic mass is 10.0. The van der Waals surface area contributed by atoms with Crippen LogP contribution >= 0.6 is 0 Å². The van der Waals surface area contributed by atoms with Gasteiger partial charge >= 0.3 is 0 Å². The number of pyridine rings is 1. The Morgan fingerprint density at radius 1 is 1.26 bits per heavy atom. The van der Waals surface area contributed by atoms with Crippen molar-refractivity contribution in [3.63, 3.8) is 0 Å². The Labute approximate surface area is 136 Å². The summed E-state index contributed by atoms with van der Waals surface area (Å²) in [7, 11) is 1.58. The number of nitrogens with zero attached hydrogens (tertiary/aromatic N) is 1. The van der Waals surface area contributed by atoms with Crippen molar-refractivity contribution in [3.05, 3.63) is 59.4 Å². The normalized spacial score (nSPS) is 10.9. The summed E-state index contributed by atoms with van der Waals surface area (Å²) in [6.07, 6.45) is 6.54. The number of methoxy groups -OCH3 is 1. The SMILES string of the molecule is C=C(C)CCc1c(O)cc(C=Cc2ncccc2O)cc1OC. The Hall–Kier alpha value is -2.75. The maximum atomic E-state index is 10.3. The molecule has 120 valence electrons. The highest BCUT2D eigenvalue weighted by molar-refractivity contribution is 5.72. The molecule has 23 heavy (non-hydrogen) atoms. The van der Waals surface area contributed by atoms with Gasteiger partial charge in [0.2, 0.25) is 0 Å². The molecule has 0 aliphatic carbocycles. The minimum atomic E-state index is 0.109. The van der Waals surface area contributed by atoms with Gasteiger partial charge in [0.25, 0.3) is 0 Å². The topological polar surface area (TPSA) is 62.6 Å². The molecular weight excluding hydrogens is 290 g/mol. The van der Waals surface area contributed by atoms with E-state index >= 15 is 0 Å². The van der Waals surface area contributed by atoms with Gasteiger partial charge in [-0.15, -0.1) is 6.58 Å². The zero-order chi connectivity index (χ0) is 16.8. The second kappa shape index (κ2) is 7.49. The molecule has 0 atom stereocenters. The van der Waals surface area contributed by atoms with Crippen LogP contribution in [0.1, 0.15) is 30.2 Å². The maximum absolute atomic E-state index is 10.3. The predicted molar refractivity (Wildman–Crippen MR) is 92.6 cm³/mol. The Morgan fingerprint density at radius 2 is 2.04 bits per heavy atom. The van der Waals surface area contributed by atoms with Gasteiger partial charge in [-0.25, -0.2) is 0 Å². The molecule has 0 fully saturated rings. The first-order valence-electron chi connectivity index (χ1n) is 7.37. The van der Waals surface area contributed by atoms with Gasteiger partial charge in [0.05, 0.1) is 7.11 Å². The summed E-state index contributed by atoms with van der Waals surface area (Å²) in [6, 6.07) is 6.76. The van der Waals surface area contributed by atoms with E-state index in [-0.39, 0.29) is 11.5 Å². The minimum Gasteiger partial charge on any atom is -0.508 e. The molecule has 0 aliphatic rings. The van der Waals surface area contributed by atoms with E-state index in [2.05, 4.69) is 11.6 Å². The zero-order valence-electron chi connectivity index (χ0n) is 13.4. The van der Waals surface area contributed by atoms with Crippen molar-refractivity contribution in [2.24, 2.45) is 0 Å². The van der Waals surface area contributed by atoms with Crippen LogP contribution in [0.25, 0.3) is 12.2 Å². The molecule has 1 aromatic heterocycles. The molecule has 0 saturated heterocycles. The Kier molecular flexibility index (Phi) is 5.41. The van der Waals surface area contributed by atoms with E-state index in [9.17, 15) is 10.2 Å². The van der Waals surface area contributed by atoms with Gasteiger partial charge < -0.3 is 14.9 Å². The summed E-state index contributed by atoms with van der Waals surface area (Å²) in [5, 5.41) is 20.0. The van der Waals surface area contributed by atoms with Crippen LogP contribution in [0.2, 0.25) is 0 Å². The van der Waals surface area contributed by atoms with Crippen LogP contribution in [0.3, 0.4) is 0 Å². The maximum Gasteiger partial charge on any atom is 0.141 e. The van der Waals surface area contributed by atoms with E-state index in [1.54, 1.807) is 43.7 Å². The number of phenolic OH excluding ortho intramolecular Hbond substituents is 1. The number of hydrogen-bond donors (Lipinski definition) is 2. The third-order valence-corrected chi connectivity index (χ3v) is 3.48. The molecule has 0 radical (unpaired) electrons. The quantitative estimate of drug-likeness (QED) is 0.786. The monoisotopic (exact) mass is 311 g/mol. The van der Waals surface area contributed by atoms with Crippen LogP contribution in [0.4, 0.5) is 0 Å². The Morgan fingerprint density at radius 3 is 2.70 bits per heavy atom. The van der Waals surface area contributed by atoms with E-state index in [4.69, 9.17) is 4.74 Å². The lowest BCUT2D eigenvalue weighted by Gasteiger charge is -2.12. The fourth-order valence-electron chi connectivity index (χ4n) is 2.23. The summed E-state index contributed by atoms with van der Waals surface area (Å²) in [6.45, 7) is 5.84. The number of hydrogen-bond acceptors (Lipinski definition) is 4. The summed E-state index contributed by atoms with van der Waals surface area (Å²) in [5.41, 5.74) is 3.06. The smallest absolute Gasteiger partial charge is 0.141 e. The molecule has 4 nitrogen and oxygen atoms in total. The van der Waals surface area contributed by atoms with Gasteiger partial charge in [0.15, 0.2) is 0 Å². The fraction of sp³-hybridized carbons (Fsp3) is 0.211. The lowest BCUT2D eigenvalue weighted by Crippen LogP contribution is -1.95. The lowest BCUT2D eigenvalue weighted by molar-refractivity contribution is 0.399. The van der Waals surface area contributed by atoms with Crippen molar-refractivity contribution in [2.45, 2.75) is 19.8 Å². The first kappa shape index (κ1) is 16.6. The fourth-order valence-corrected chi connectivity index (χ4v) is 2.23. The molecule has 4 heteroatoms. The molecule has 0 saturated carbocycles. The first-order chi connectivity index (χ1) is 11.0. The molecule has 2 N–H and O–H groups in total. The molecule has 2 rings (SSSR count). The van der Waals surface area contributed by atoms with E-state index in [1.807, 2.05) is 13.0 Å². The Balaban J connectivity index is 2.29. The summed E-state index contributed by atoms with van der Waals surface area (Å²) in [4.78, 5) is 4.08. The van der Waals surface area contributed by atoms with Crippen molar-refractivity contribution >= 4 is 12.2 Å². The van der Waals surface area contributed by atoms with Crippen molar-refractivity contribution in [1.82, 2.24) is 4.98 Å². The van der Waals surface area contributed by atoms with Crippen molar-refractivity contribution in [2.75, 3.05) is 7.11 Å². The number of rotatable bonds is 6. The van der Waals surface area contributed by atoms with Gasteiger partial charge in [-0.2, -0.15) is 0 Å². The standard InChI is InChI=1S/C19H21NO3/c1-13(2)6-8-15-18(22)11-14(12-19(15)23-3)7-9-16-17(21)5-4-10-20-16/h4-5,7,9-12,21-22H,1,6,8H2,2-3H3. The summed E-state index contributed by atoms with van der Waals surface area (Å²) in [5.74, 6) is 0.935. The van der Waals surface area contributed by atoms with Gasteiger partial charge in [-0.05, 0) is 55.7 Å². The van der Waals surface area contributed by atoms with E-state index in [1.165, 1.54) is 0 Å². The molecule has 0 bridgehead atoms. The van der Waals surface area contributed by atoms with Crippen molar-refractivity contribution in [3.8, 4) is 17.2 Å². The van der Waals surface area contributed by atoms with Crippen LogP contribution in [0.15, 0.2) is 42.6 Å². The number of allylic oxidation sites excluding steroid dienone is 1.